The summed E-state index contributed by atoms with van der Waals surface area (Å²) in [7, 11) is -1.94. The fourth-order valence-electron chi connectivity index (χ4n) is 3.33. The topological polar surface area (TPSA) is 46.6 Å². The molecule has 1 aliphatic rings. The predicted molar refractivity (Wildman–Crippen MR) is 106 cm³/mol. The van der Waals surface area contributed by atoms with Gasteiger partial charge in [-0.1, -0.05) is 42.0 Å². The van der Waals surface area contributed by atoms with E-state index >= 15 is 0 Å². The monoisotopic (exact) mass is 371 g/mol. The normalized spacial score (nSPS) is 15.7. The number of benzene rings is 2. The Morgan fingerprint density at radius 2 is 1.85 bits per heavy atom. The molecule has 5 heteroatoms. The Bertz CT molecular complexity index is 947. The minimum atomic E-state index is -3.59. The van der Waals surface area contributed by atoms with Crippen molar-refractivity contribution in [2.45, 2.75) is 33.2 Å². The zero-order valence-corrected chi connectivity index (χ0v) is 16.5. The summed E-state index contributed by atoms with van der Waals surface area (Å²) in [5.74, 6) is 0.725. The lowest BCUT2D eigenvalue weighted by Gasteiger charge is -2.27. The highest BCUT2D eigenvalue weighted by atomic mass is 32.2. The Kier molecular flexibility index (Phi) is 5.21. The lowest BCUT2D eigenvalue weighted by atomic mass is 10.0. The van der Waals surface area contributed by atoms with Crippen LogP contribution in [0.4, 0.5) is 0 Å². The van der Waals surface area contributed by atoms with Gasteiger partial charge in [0.05, 0.1) is 11.5 Å². The molecule has 0 fully saturated rings. The Morgan fingerprint density at radius 1 is 1.12 bits per heavy atom. The van der Waals surface area contributed by atoms with Crippen molar-refractivity contribution in [2.75, 3.05) is 13.7 Å². The molecule has 3 rings (SSSR count). The van der Waals surface area contributed by atoms with Gasteiger partial charge in [0.25, 0.3) is 0 Å². The van der Waals surface area contributed by atoms with E-state index in [4.69, 9.17) is 4.74 Å². The van der Waals surface area contributed by atoms with Crippen molar-refractivity contribution in [3.05, 3.63) is 69.6 Å². The Balaban J connectivity index is 1.95. The molecule has 1 aliphatic heterocycles. The second-order valence-corrected chi connectivity index (χ2v) is 8.85. The third-order valence-electron chi connectivity index (χ3n) is 4.97. The van der Waals surface area contributed by atoms with E-state index in [1.54, 1.807) is 13.1 Å². The van der Waals surface area contributed by atoms with Gasteiger partial charge < -0.3 is 4.74 Å². The fraction of sp³-hybridized carbons (Fsp3) is 0.333. The van der Waals surface area contributed by atoms with E-state index < -0.39 is 10.0 Å². The Morgan fingerprint density at radius 3 is 2.58 bits per heavy atom. The van der Waals surface area contributed by atoms with Gasteiger partial charge in [-0.3, -0.25) is 0 Å². The highest BCUT2D eigenvalue weighted by Crippen LogP contribution is 2.32. The minimum Gasteiger partial charge on any atom is -0.493 e. The van der Waals surface area contributed by atoms with Crippen LogP contribution in [0.2, 0.25) is 0 Å². The van der Waals surface area contributed by atoms with Crippen LogP contribution in [-0.2, 0) is 10.0 Å². The van der Waals surface area contributed by atoms with Gasteiger partial charge in [0.2, 0.25) is 10.0 Å². The standard InChI is InChI=1S/C21H25NO3S/c1-15-9-10-20(16(2)13-15)17(3)22(4)26(23,24)19-11-12-25-21-8-6-5-7-18(21)14-19/h5-10,13-14,17H,11-12H2,1-4H3. The highest BCUT2D eigenvalue weighted by Gasteiger charge is 2.30. The molecule has 1 heterocycles. The summed E-state index contributed by atoms with van der Waals surface area (Å²) in [6.07, 6.45) is 2.10. The number of hydrogen-bond acceptors (Lipinski definition) is 3. The van der Waals surface area contributed by atoms with E-state index in [0.717, 1.165) is 22.4 Å². The molecule has 0 aromatic heterocycles. The van der Waals surface area contributed by atoms with Crippen LogP contribution in [0, 0.1) is 13.8 Å². The lowest BCUT2D eigenvalue weighted by Crippen LogP contribution is -2.31. The largest absolute Gasteiger partial charge is 0.493 e. The zero-order valence-electron chi connectivity index (χ0n) is 15.7. The summed E-state index contributed by atoms with van der Waals surface area (Å²) in [6, 6.07) is 13.4. The van der Waals surface area contributed by atoms with Crippen LogP contribution in [0.25, 0.3) is 6.08 Å². The van der Waals surface area contributed by atoms with E-state index in [1.165, 1.54) is 9.87 Å². The Labute approximate surface area is 156 Å². The maximum atomic E-state index is 13.2. The molecule has 0 saturated carbocycles. The fourth-order valence-corrected chi connectivity index (χ4v) is 4.84. The molecule has 1 atom stereocenters. The number of hydrogen-bond donors (Lipinski definition) is 0. The molecule has 2 aromatic carbocycles. The van der Waals surface area contributed by atoms with Gasteiger partial charge in [0, 0.05) is 25.1 Å². The molecule has 0 spiro atoms. The summed E-state index contributed by atoms with van der Waals surface area (Å²) in [6.45, 7) is 6.34. The third kappa shape index (κ3) is 3.55. The molecular weight excluding hydrogens is 346 g/mol. The van der Waals surface area contributed by atoms with Crippen molar-refractivity contribution >= 4 is 16.1 Å². The summed E-state index contributed by atoms with van der Waals surface area (Å²) in [5, 5.41) is 0. The average Bonchev–Trinajstić information content (AvgIpc) is 2.83. The predicted octanol–water partition coefficient (Wildman–Crippen LogP) is 4.45. The van der Waals surface area contributed by atoms with Gasteiger partial charge in [-0.2, -0.15) is 4.31 Å². The molecule has 138 valence electrons. The SMILES string of the molecule is Cc1ccc(C(C)N(C)S(=O)(=O)C2=Cc3ccccc3OCC2)c(C)c1. The summed E-state index contributed by atoms with van der Waals surface area (Å²) < 4.78 is 33.6. The van der Waals surface area contributed by atoms with Crippen molar-refractivity contribution in [3.63, 3.8) is 0 Å². The highest BCUT2D eigenvalue weighted by molar-refractivity contribution is 7.93. The molecule has 2 aromatic rings. The van der Waals surface area contributed by atoms with Crippen LogP contribution < -0.4 is 4.74 Å². The number of sulfonamides is 1. The van der Waals surface area contributed by atoms with Gasteiger partial charge >= 0.3 is 0 Å². The van der Waals surface area contributed by atoms with E-state index in [-0.39, 0.29) is 6.04 Å². The van der Waals surface area contributed by atoms with E-state index in [0.29, 0.717) is 17.9 Å². The first-order valence-corrected chi connectivity index (χ1v) is 10.2. The maximum absolute atomic E-state index is 13.2. The van der Waals surface area contributed by atoms with Crippen LogP contribution >= 0.6 is 0 Å². The van der Waals surface area contributed by atoms with Crippen LogP contribution in [0.5, 0.6) is 5.75 Å². The van der Waals surface area contributed by atoms with Crippen molar-refractivity contribution in [1.82, 2.24) is 4.31 Å². The lowest BCUT2D eigenvalue weighted by molar-refractivity contribution is 0.324. The van der Waals surface area contributed by atoms with Gasteiger partial charge in [0.15, 0.2) is 0 Å². The molecule has 1 unspecified atom stereocenters. The zero-order chi connectivity index (χ0) is 18.9. The van der Waals surface area contributed by atoms with Crippen LogP contribution in [0.15, 0.2) is 47.4 Å². The van der Waals surface area contributed by atoms with Gasteiger partial charge in [-0.25, -0.2) is 8.42 Å². The van der Waals surface area contributed by atoms with Crippen LogP contribution in [0.3, 0.4) is 0 Å². The second kappa shape index (κ2) is 7.25. The molecule has 0 N–H and O–H groups in total. The first-order valence-electron chi connectivity index (χ1n) is 8.78. The van der Waals surface area contributed by atoms with Gasteiger partial charge in [0.1, 0.15) is 5.75 Å². The van der Waals surface area contributed by atoms with E-state index in [9.17, 15) is 8.42 Å². The van der Waals surface area contributed by atoms with Crippen LogP contribution in [-0.4, -0.2) is 26.4 Å². The van der Waals surface area contributed by atoms with E-state index in [1.807, 2.05) is 57.2 Å². The number of nitrogens with zero attached hydrogens (tertiary/aromatic N) is 1. The molecule has 0 radical (unpaired) electrons. The number of aryl methyl sites for hydroxylation is 2. The van der Waals surface area contributed by atoms with E-state index in [2.05, 4.69) is 6.07 Å². The third-order valence-corrected chi connectivity index (χ3v) is 7.03. The number of para-hydroxylation sites is 1. The number of ether oxygens (including phenoxy) is 1. The molecule has 0 amide bonds. The first-order chi connectivity index (χ1) is 12.3. The second-order valence-electron chi connectivity index (χ2n) is 6.80. The first kappa shape index (κ1) is 18.7. The summed E-state index contributed by atoms with van der Waals surface area (Å²) in [5.41, 5.74) is 4.09. The van der Waals surface area contributed by atoms with Crippen LogP contribution in [0.1, 0.15) is 41.6 Å². The number of rotatable bonds is 4. The summed E-state index contributed by atoms with van der Waals surface area (Å²) in [4.78, 5) is 0.390. The van der Waals surface area contributed by atoms with Gasteiger partial charge in [-0.15, -0.1) is 0 Å². The van der Waals surface area contributed by atoms with Crippen molar-refractivity contribution in [1.29, 1.82) is 0 Å². The quantitative estimate of drug-likeness (QED) is 0.798. The van der Waals surface area contributed by atoms with Crippen molar-refractivity contribution in [2.24, 2.45) is 0 Å². The molecule has 26 heavy (non-hydrogen) atoms. The summed E-state index contributed by atoms with van der Waals surface area (Å²) >= 11 is 0. The smallest absolute Gasteiger partial charge is 0.239 e. The molecular formula is C21H25NO3S. The van der Waals surface area contributed by atoms with Gasteiger partial charge in [-0.05, 0) is 44.0 Å². The average molecular weight is 372 g/mol. The molecule has 0 aliphatic carbocycles. The Hall–Kier alpha value is -2.11. The molecule has 0 bridgehead atoms. The number of fused-ring (bicyclic) bond motifs is 1. The molecule has 0 saturated heterocycles. The van der Waals surface area contributed by atoms with Crippen molar-refractivity contribution < 1.29 is 13.2 Å². The maximum Gasteiger partial charge on any atom is 0.239 e. The minimum absolute atomic E-state index is 0.249. The van der Waals surface area contributed by atoms with Crippen molar-refractivity contribution in [3.8, 4) is 5.75 Å². The molecule has 4 nitrogen and oxygen atoms in total.